The van der Waals surface area contributed by atoms with Gasteiger partial charge >= 0.3 is 0 Å². The van der Waals surface area contributed by atoms with Gasteiger partial charge in [-0.3, -0.25) is 0 Å². The molecule has 0 saturated carbocycles. The second-order valence-electron chi connectivity index (χ2n) is 4.03. The van der Waals surface area contributed by atoms with Gasteiger partial charge in [0.05, 0.1) is 16.2 Å². The van der Waals surface area contributed by atoms with E-state index in [0.717, 1.165) is 11.3 Å². The van der Waals surface area contributed by atoms with E-state index in [9.17, 15) is 0 Å². The molecule has 1 heterocycles. The Balaban J connectivity index is 2.56. The van der Waals surface area contributed by atoms with Crippen molar-refractivity contribution < 1.29 is 0 Å². The van der Waals surface area contributed by atoms with Gasteiger partial charge in [0, 0.05) is 10.6 Å². The summed E-state index contributed by atoms with van der Waals surface area (Å²) in [6, 6.07) is 3.66. The van der Waals surface area contributed by atoms with Crippen molar-refractivity contribution in [1.82, 2.24) is 0 Å². The van der Waals surface area contributed by atoms with Crippen LogP contribution in [0.5, 0.6) is 0 Å². The van der Waals surface area contributed by atoms with Gasteiger partial charge in [-0.05, 0) is 26.0 Å². The Morgan fingerprint density at radius 1 is 1.21 bits per heavy atom. The number of nitrogens with one attached hydrogen (secondary N) is 1. The highest BCUT2D eigenvalue weighted by Gasteiger charge is 2.21. The minimum Gasteiger partial charge on any atom is -0.375 e. The number of anilines is 1. The van der Waals surface area contributed by atoms with Crippen LogP contribution < -0.4 is 5.32 Å². The molecule has 0 aromatic heterocycles. The summed E-state index contributed by atoms with van der Waals surface area (Å²) in [6.45, 7) is 4.19. The molecule has 0 amide bonds. The van der Waals surface area contributed by atoms with Crippen LogP contribution in [-0.2, 0) is 0 Å². The van der Waals surface area contributed by atoms with Crippen LogP contribution in [0.2, 0.25) is 10.0 Å². The Morgan fingerprint density at radius 3 is 2.64 bits per heavy atom. The van der Waals surface area contributed by atoms with Crippen LogP contribution in [0.3, 0.4) is 0 Å². The summed E-state index contributed by atoms with van der Waals surface area (Å²) in [6.07, 6.45) is 4.14. The smallest absolute Gasteiger partial charge is 0.0658 e. The molecular weight excluding hydrogens is 217 g/mol. The Kier molecular flexibility index (Phi) is 2.24. The molecule has 1 aliphatic rings. The third-order valence-corrected chi connectivity index (χ3v) is 2.73. The molecule has 1 aliphatic heterocycles. The van der Waals surface area contributed by atoms with Crippen molar-refractivity contribution in [3.63, 3.8) is 0 Å². The van der Waals surface area contributed by atoms with E-state index < -0.39 is 0 Å². The molecule has 0 radical (unpaired) electrons. The maximum atomic E-state index is 6.09. The van der Waals surface area contributed by atoms with Crippen molar-refractivity contribution in [2.24, 2.45) is 0 Å². The molecule has 0 aliphatic carbocycles. The van der Waals surface area contributed by atoms with E-state index in [-0.39, 0.29) is 5.54 Å². The number of benzene rings is 1. The van der Waals surface area contributed by atoms with Gasteiger partial charge in [0.25, 0.3) is 0 Å². The van der Waals surface area contributed by atoms with Crippen molar-refractivity contribution in [1.29, 1.82) is 0 Å². The van der Waals surface area contributed by atoms with Gasteiger partial charge in [-0.2, -0.15) is 0 Å². The van der Waals surface area contributed by atoms with Gasteiger partial charge in [-0.15, -0.1) is 0 Å². The van der Waals surface area contributed by atoms with Crippen molar-refractivity contribution in [2.45, 2.75) is 19.4 Å². The number of hydrogen-bond donors (Lipinski definition) is 1. The first-order valence-electron chi connectivity index (χ1n) is 4.44. The molecule has 0 saturated heterocycles. The first-order valence-corrected chi connectivity index (χ1v) is 5.20. The molecule has 1 N–H and O–H groups in total. The lowest BCUT2D eigenvalue weighted by molar-refractivity contribution is 0.711. The normalized spacial score (nSPS) is 17.4. The van der Waals surface area contributed by atoms with Crippen LogP contribution >= 0.6 is 23.2 Å². The minimum absolute atomic E-state index is 0.0511. The summed E-state index contributed by atoms with van der Waals surface area (Å²) in [5.74, 6) is 0. The van der Waals surface area contributed by atoms with E-state index >= 15 is 0 Å². The largest absolute Gasteiger partial charge is 0.375 e. The zero-order chi connectivity index (χ0) is 10.3. The Hall–Kier alpha value is -0.660. The summed E-state index contributed by atoms with van der Waals surface area (Å²) in [5, 5.41) is 4.69. The standard InChI is InChI=1S/C11H11Cl2N/c1-11(2)4-3-7-5-8(12)6-9(13)10(7)14-11/h3-6,14H,1-2H3. The highest BCUT2D eigenvalue weighted by molar-refractivity contribution is 6.37. The number of hydrogen-bond acceptors (Lipinski definition) is 1. The molecule has 14 heavy (non-hydrogen) atoms. The fourth-order valence-corrected chi connectivity index (χ4v) is 2.08. The van der Waals surface area contributed by atoms with Gasteiger partial charge in [-0.25, -0.2) is 0 Å². The molecule has 0 bridgehead atoms. The summed E-state index contributed by atoms with van der Waals surface area (Å²) in [5.41, 5.74) is 1.95. The Labute approximate surface area is 93.7 Å². The highest BCUT2D eigenvalue weighted by Crippen LogP contribution is 2.36. The highest BCUT2D eigenvalue weighted by atomic mass is 35.5. The van der Waals surface area contributed by atoms with Crippen LogP contribution in [0, 0.1) is 0 Å². The Morgan fingerprint density at radius 2 is 1.93 bits per heavy atom. The molecule has 0 atom stereocenters. The zero-order valence-electron chi connectivity index (χ0n) is 8.07. The molecular formula is C11H11Cl2N. The Bertz CT molecular complexity index is 408. The van der Waals surface area contributed by atoms with Crippen molar-refractivity contribution in [2.75, 3.05) is 5.32 Å². The van der Waals surface area contributed by atoms with Gasteiger partial charge in [0.15, 0.2) is 0 Å². The van der Waals surface area contributed by atoms with Crippen LogP contribution in [-0.4, -0.2) is 5.54 Å². The third-order valence-electron chi connectivity index (χ3n) is 2.21. The van der Waals surface area contributed by atoms with Crippen molar-refractivity contribution in [3.05, 3.63) is 33.8 Å². The number of halogens is 2. The maximum Gasteiger partial charge on any atom is 0.0658 e. The molecule has 1 aromatic rings. The number of rotatable bonds is 0. The van der Waals surface area contributed by atoms with E-state index in [1.807, 2.05) is 12.1 Å². The quantitative estimate of drug-likeness (QED) is 0.701. The minimum atomic E-state index is -0.0511. The molecule has 1 nitrogen and oxygen atoms in total. The van der Waals surface area contributed by atoms with Crippen molar-refractivity contribution in [3.8, 4) is 0 Å². The summed E-state index contributed by atoms with van der Waals surface area (Å²) in [7, 11) is 0. The predicted molar refractivity (Wildman–Crippen MR) is 63.2 cm³/mol. The fourth-order valence-electron chi connectivity index (χ4n) is 1.52. The summed E-state index contributed by atoms with van der Waals surface area (Å²) in [4.78, 5) is 0. The topological polar surface area (TPSA) is 12.0 Å². The van der Waals surface area contributed by atoms with Gasteiger partial charge < -0.3 is 5.32 Å². The molecule has 74 valence electrons. The molecule has 2 rings (SSSR count). The maximum absolute atomic E-state index is 6.09. The second kappa shape index (κ2) is 3.18. The lowest BCUT2D eigenvalue weighted by atomic mass is 9.97. The van der Waals surface area contributed by atoms with Crippen LogP contribution in [0.4, 0.5) is 5.69 Å². The molecule has 3 heteroatoms. The summed E-state index contributed by atoms with van der Waals surface area (Å²) >= 11 is 12.0. The molecule has 0 unspecified atom stereocenters. The first-order chi connectivity index (χ1) is 6.48. The molecule has 0 spiro atoms. The van der Waals surface area contributed by atoms with Crippen LogP contribution in [0.1, 0.15) is 19.4 Å². The third kappa shape index (κ3) is 1.75. The van der Waals surface area contributed by atoms with E-state index in [1.54, 1.807) is 6.07 Å². The average molecular weight is 228 g/mol. The van der Waals surface area contributed by atoms with Gasteiger partial charge in [0.1, 0.15) is 0 Å². The second-order valence-corrected chi connectivity index (χ2v) is 4.88. The van der Waals surface area contributed by atoms with Crippen LogP contribution in [0.25, 0.3) is 6.08 Å². The molecule has 0 fully saturated rings. The lowest BCUT2D eigenvalue weighted by Gasteiger charge is -2.29. The van der Waals surface area contributed by atoms with E-state index in [1.165, 1.54) is 0 Å². The van der Waals surface area contributed by atoms with E-state index in [2.05, 4.69) is 25.2 Å². The SMILES string of the molecule is CC1(C)C=Cc2cc(Cl)cc(Cl)c2N1. The van der Waals surface area contributed by atoms with Crippen molar-refractivity contribution >= 4 is 35.0 Å². The number of fused-ring (bicyclic) bond motifs is 1. The van der Waals surface area contributed by atoms with E-state index in [0.29, 0.717) is 10.0 Å². The monoisotopic (exact) mass is 227 g/mol. The fraction of sp³-hybridized carbons (Fsp3) is 0.273. The predicted octanol–water partition coefficient (Wildman–Crippen LogP) is 4.21. The van der Waals surface area contributed by atoms with Gasteiger partial charge in [0.2, 0.25) is 0 Å². The zero-order valence-corrected chi connectivity index (χ0v) is 9.58. The van der Waals surface area contributed by atoms with Gasteiger partial charge in [-0.1, -0.05) is 35.4 Å². The first kappa shape index (κ1) is 9.88. The van der Waals surface area contributed by atoms with E-state index in [4.69, 9.17) is 23.2 Å². The average Bonchev–Trinajstić information content (AvgIpc) is 2.06. The lowest BCUT2D eigenvalue weighted by Crippen LogP contribution is -2.30. The summed E-state index contributed by atoms with van der Waals surface area (Å²) < 4.78 is 0. The van der Waals surface area contributed by atoms with Crippen LogP contribution in [0.15, 0.2) is 18.2 Å². The molecule has 1 aromatic carbocycles.